The predicted octanol–water partition coefficient (Wildman–Crippen LogP) is 3.90. The van der Waals surface area contributed by atoms with Gasteiger partial charge in [0.1, 0.15) is 12.4 Å². The topological polar surface area (TPSA) is 103 Å². The first-order valence-electron chi connectivity index (χ1n) is 10.7. The molecule has 1 aromatic heterocycles. The summed E-state index contributed by atoms with van der Waals surface area (Å²) in [6.07, 6.45) is 1.70. The zero-order valence-corrected chi connectivity index (χ0v) is 18.6. The molecule has 2 heterocycles. The standard InChI is InChI=1S/C24H22N4O2.CH5NO/c1-25-20-6-2-16(3-7-20)24(29)28-10-11-30-23-9-5-17(12-19(23)14-28)18-4-8-21-22(13-18)27-15-26-21;1-2-3/h2-9,12-13,15,25H,10-11,14H2,1H3,(H,26,27);2-3H,1H3. The van der Waals surface area contributed by atoms with Crippen molar-refractivity contribution in [2.45, 2.75) is 6.54 Å². The maximum absolute atomic E-state index is 13.1. The number of hydrogen-bond acceptors (Lipinski definition) is 6. The summed E-state index contributed by atoms with van der Waals surface area (Å²) in [6.45, 7) is 1.55. The molecule has 8 nitrogen and oxygen atoms in total. The maximum Gasteiger partial charge on any atom is 0.254 e. The summed E-state index contributed by atoms with van der Waals surface area (Å²) in [6, 6.07) is 19.9. The highest BCUT2D eigenvalue weighted by Crippen LogP contribution is 2.31. The van der Waals surface area contributed by atoms with Crippen LogP contribution in [0.4, 0.5) is 5.69 Å². The summed E-state index contributed by atoms with van der Waals surface area (Å²) >= 11 is 0. The van der Waals surface area contributed by atoms with Crippen LogP contribution in [0.1, 0.15) is 15.9 Å². The van der Waals surface area contributed by atoms with Gasteiger partial charge in [-0.15, -0.1) is 0 Å². The van der Waals surface area contributed by atoms with Crippen molar-refractivity contribution in [3.8, 4) is 16.9 Å². The molecule has 170 valence electrons. The fourth-order valence-corrected chi connectivity index (χ4v) is 3.82. The summed E-state index contributed by atoms with van der Waals surface area (Å²) in [5.74, 6) is 0.848. The molecule has 0 saturated carbocycles. The summed E-state index contributed by atoms with van der Waals surface area (Å²) in [7, 11) is 3.29. The lowest BCUT2D eigenvalue weighted by atomic mass is 10.0. The number of ether oxygens (including phenoxy) is 1. The van der Waals surface area contributed by atoms with Gasteiger partial charge in [0.05, 0.1) is 23.9 Å². The van der Waals surface area contributed by atoms with E-state index < -0.39 is 0 Å². The van der Waals surface area contributed by atoms with Gasteiger partial charge in [-0.05, 0) is 59.7 Å². The molecule has 1 amide bonds. The molecule has 0 radical (unpaired) electrons. The molecule has 3 aromatic carbocycles. The fraction of sp³-hybridized carbons (Fsp3) is 0.200. The summed E-state index contributed by atoms with van der Waals surface area (Å²) < 4.78 is 5.93. The van der Waals surface area contributed by atoms with Crippen molar-refractivity contribution in [1.82, 2.24) is 20.3 Å². The van der Waals surface area contributed by atoms with Crippen molar-refractivity contribution >= 4 is 22.6 Å². The zero-order chi connectivity index (χ0) is 23.2. The number of amides is 1. The van der Waals surface area contributed by atoms with E-state index in [1.165, 1.54) is 7.05 Å². The predicted molar refractivity (Wildman–Crippen MR) is 129 cm³/mol. The molecule has 0 bridgehead atoms. The van der Waals surface area contributed by atoms with E-state index >= 15 is 0 Å². The first-order valence-corrected chi connectivity index (χ1v) is 10.7. The number of carbonyl (C=O) groups is 1. The molecule has 5 rings (SSSR count). The SMILES string of the molecule is CNO.CNc1ccc(C(=O)N2CCOc3ccc(-c4ccc5nc[nH]c5c4)cc3C2)cc1. The highest BCUT2D eigenvalue weighted by atomic mass is 16.5. The molecular weight excluding hydrogens is 418 g/mol. The van der Waals surface area contributed by atoms with Gasteiger partial charge in [0.2, 0.25) is 0 Å². The highest BCUT2D eigenvalue weighted by Gasteiger charge is 2.21. The Balaban J connectivity index is 0.000000821. The fourth-order valence-electron chi connectivity index (χ4n) is 3.82. The summed E-state index contributed by atoms with van der Waals surface area (Å²) in [5, 5.41) is 10.4. The number of hydrogen-bond donors (Lipinski definition) is 4. The molecule has 4 N–H and O–H groups in total. The number of aromatic nitrogens is 2. The molecule has 0 spiro atoms. The Bertz CT molecular complexity index is 1240. The van der Waals surface area contributed by atoms with Gasteiger partial charge in [-0.3, -0.25) is 4.79 Å². The Morgan fingerprint density at radius 3 is 2.55 bits per heavy atom. The van der Waals surface area contributed by atoms with Crippen LogP contribution < -0.4 is 15.5 Å². The third-order valence-corrected chi connectivity index (χ3v) is 5.50. The Morgan fingerprint density at radius 2 is 1.79 bits per heavy atom. The summed E-state index contributed by atoms with van der Waals surface area (Å²) in [4.78, 5) is 22.4. The highest BCUT2D eigenvalue weighted by molar-refractivity contribution is 5.94. The van der Waals surface area contributed by atoms with Gasteiger partial charge in [-0.25, -0.2) is 10.5 Å². The molecule has 0 saturated heterocycles. The van der Waals surface area contributed by atoms with Crippen molar-refractivity contribution in [2.24, 2.45) is 0 Å². The number of fused-ring (bicyclic) bond motifs is 2. The molecule has 4 aromatic rings. The number of aromatic amines is 1. The maximum atomic E-state index is 13.1. The van der Waals surface area contributed by atoms with E-state index in [0.717, 1.165) is 39.2 Å². The molecule has 8 heteroatoms. The Hall–Kier alpha value is -3.88. The van der Waals surface area contributed by atoms with Gasteiger partial charge in [-0.2, -0.15) is 0 Å². The van der Waals surface area contributed by atoms with Crippen LogP contribution in [-0.4, -0.2) is 53.2 Å². The lowest BCUT2D eigenvalue weighted by molar-refractivity contribution is 0.0733. The number of H-pyrrole nitrogens is 1. The lowest BCUT2D eigenvalue weighted by Gasteiger charge is -2.20. The van der Waals surface area contributed by atoms with Crippen molar-refractivity contribution in [2.75, 3.05) is 32.6 Å². The van der Waals surface area contributed by atoms with Crippen molar-refractivity contribution in [3.63, 3.8) is 0 Å². The van der Waals surface area contributed by atoms with E-state index in [1.807, 2.05) is 48.3 Å². The molecular formula is C25H27N5O3. The van der Waals surface area contributed by atoms with Gasteiger partial charge < -0.3 is 25.1 Å². The number of rotatable bonds is 3. The van der Waals surface area contributed by atoms with Crippen LogP contribution in [0.25, 0.3) is 22.2 Å². The normalized spacial score (nSPS) is 12.8. The van der Waals surface area contributed by atoms with Crippen LogP contribution >= 0.6 is 0 Å². The molecule has 0 atom stereocenters. The minimum Gasteiger partial charge on any atom is -0.491 e. The zero-order valence-electron chi connectivity index (χ0n) is 18.6. The lowest BCUT2D eigenvalue weighted by Crippen LogP contribution is -2.32. The molecule has 1 aliphatic heterocycles. The second kappa shape index (κ2) is 10.2. The van der Waals surface area contributed by atoms with E-state index in [-0.39, 0.29) is 5.91 Å². The summed E-state index contributed by atoms with van der Waals surface area (Å²) in [5.41, 5.74) is 8.54. The average Bonchev–Trinajstić information content (AvgIpc) is 3.21. The van der Waals surface area contributed by atoms with Crippen LogP contribution in [0.15, 0.2) is 67.0 Å². The largest absolute Gasteiger partial charge is 0.491 e. The minimum atomic E-state index is 0.0124. The number of carbonyl (C=O) groups excluding carboxylic acids is 1. The third-order valence-electron chi connectivity index (χ3n) is 5.50. The first-order chi connectivity index (χ1) is 16.1. The quantitative estimate of drug-likeness (QED) is 0.357. The van der Waals surface area contributed by atoms with E-state index in [9.17, 15) is 4.79 Å². The second-order valence-corrected chi connectivity index (χ2v) is 7.58. The van der Waals surface area contributed by atoms with Crippen molar-refractivity contribution in [3.05, 3.63) is 78.1 Å². The third kappa shape index (κ3) is 4.97. The molecule has 0 aliphatic carbocycles. The van der Waals surface area contributed by atoms with Crippen LogP contribution in [0.5, 0.6) is 5.75 Å². The number of nitrogens with one attached hydrogen (secondary N) is 3. The Labute approximate surface area is 192 Å². The number of anilines is 1. The number of benzene rings is 3. The second-order valence-electron chi connectivity index (χ2n) is 7.58. The monoisotopic (exact) mass is 445 g/mol. The average molecular weight is 446 g/mol. The Kier molecular flexibility index (Phi) is 6.87. The first kappa shape index (κ1) is 22.3. The molecule has 1 aliphatic rings. The smallest absolute Gasteiger partial charge is 0.254 e. The van der Waals surface area contributed by atoms with Gasteiger partial charge in [0.15, 0.2) is 0 Å². The van der Waals surface area contributed by atoms with Crippen molar-refractivity contribution in [1.29, 1.82) is 0 Å². The van der Waals surface area contributed by atoms with Crippen LogP contribution in [0.2, 0.25) is 0 Å². The number of nitrogens with zero attached hydrogens (tertiary/aromatic N) is 2. The molecule has 33 heavy (non-hydrogen) atoms. The van der Waals surface area contributed by atoms with Gasteiger partial charge in [0.25, 0.3) is 5.91 Å². The van der Waals surface area contributed by atoms with E-state index in [2.05, 4.69) is 39.6 Å². The van der Waals surface area contributed by atoms with Crippen LogP contribution in [-0.2, 0) is 6.54 Å². The van der Waals surface area contributed by atoms with E-state index in [4.69, 9.17) is 9.94 Å². The van der Waals surface area contributed by atoms with Gasteiger partial charge in [-0.1, -0.05) is 12.1 Å². The van der Waals surface area contributed by atoms with Crippen molar-refractivity contribution < 1.29 is 14.7 Å². The van der Waals surface area contributed by atoms with E-state index in [1.54, 1.807) is 11.8 Å². The Morgan fingerprint density at radius 1 is 1.06 bits per heavy atom. The number of hydroxylamine groups is 1. The van der Waals surface area contributed by atoms with Crippen LogP contribution in [0, 0.1) is 0 Å². The number of imidazole rings is 1. The molecule has 0 fully saturated rings. The minimum absolute atomic E-state index is 0.0124. The van der Waals surface area contributed by atoms with Gasteiger partial charge >= 0.3 is 0 Å². The molecule has 0 unspecified atom stereocenters. The van der Waals surface area contributed by atoms with E-state index in [0.29, 0.717) is 25.3 Å². The van der Waals surface area contributed by atoms with Gasteiger partial charge in [0, 0.05) is 37.5 Å². The van der Waals surface area contributed by atoms with Crippen LogP contribution in [0.3, 0.4) is 0 Å².